The monoisotopic (exact) mass is 1040 g/mol. The summed E-state index contributed by atoms with van der Waals surface area (Å²) in [6, 6.07) is -9.64. The van der Waals surface area contributed by atoms with E-state index in [9.17, 15) is 58.2 Å². The van der Waals surface area contributed by atoms with Gasteiger partial charge in [0.2, 0.25) is 41.4 Å². The number of hydrogen-bond acceptors (Lipinski definition) is 11. The van der Waals surface area contributed by atoms with Gasteiger partial charge in [-0.3, -0.25) is 43.2 Å². The summed E-state index contributed by atoms with van der Waals surface area (Å²) in [5.74, 6) is -10.1. The highest BCUT2D eigenvalue weighted by atomic mass is 16.5. The van der Waals surface area contributed by atoms with Crippen molar-refractivity contribution in [3.8, 4) is 0 Å². The molecule has 0 aromatic rings. The third-order valence-corrected chi connectivity index (χ3v) is 12.8. The van der Waals surface area contributed by atoms with E-state index in [0.29, 0.717) is 12.3 Å². The molecule has 0 spiro atoms. The predicted molar refractivity (Wildman–Crippen MR) is 276 cm³/mol. The lowest BCUT2D eigenvalue weighted by molar-refractivity contribution is -0.155. The van der Waals surface area contributed by atoms with Crippen LogP contribution in [0, 0.1) is 35.5 Å². The van der Waals surface area contributed by atoms with Gasteiger partial charge in [0.05, 0.1) is 12.8 Å². The van der Waals surface area contributed by atoms with Crippen LogP contribution in [0.15, 0.2) is 0 Å². The Bertz CT molecular complexity index is 1810. The fourth-order valence-corrected chi connectivity index (χ4v) is 8.54. The number of ether oxygens (including phenoxy) is 1. The first-order valence-electron chi connectivity index (χ1n) is 26.9. The normalized spacial score (nSPS) is 24.4. The van der Waals surface area contributed by atoms with Crippen molar-refractivity contribution < 1.29 is 62.9 Å². The molecule has 0 bridgehead atoms. The van der Waals surface area contributed by atoms with Crippen molar-refractivity contribution in [2.45, 2.75) is 241 Å². The van der Waals surface area contributed by atoms with Gasteiger partial charge in [0.25, 0.3) is 0 Å². The number of unbranched alkanes of at least 4 members (excludes halogenated alkanes) is 5. The van der Waals surface area contributed by atoms with Crippen molar-refractivity contribution in [2.75, 3.05) is 0 Å². The van der Waals surface area contributed by atoms with Crippen LogP contribution in [0.1, 0.15) is 192 Å². The van der Waals surface area contributed by atoms with Crippen molar-refractivity contribution in [1.82, 2.24) is 37.2 Å². The maximum absolute atomic E-state index is 14.2. The van der Waals surface area contributed by atoms with E-state index < -0.39 is 133 Å². The minimum Gasteiger partial charge on any atom is -0.481 e. The number of carboxylic acid groups (broad SMARTS) is 2. The lowest BCUT2D eigenvalue weighted by atomic mass is 9.98. The molecule has 1 heterocycles. The van der Waals surface area contributed by atoms with Crippen LogP contribution in [-0.2, 0) is 52.7 Å². The summed E-state index contributed by atoms with van der Waals surface area (Å²) >= 11 is 0. The highest BCUT2D eigenvalue weighted by Gasteiger charge is 2.37. The summed E-state index contributed by atoms with van der Waals surface area (Å²) in [6.45, 7) is 22.1. The van der Waals surface area contributed by atoms with Gasteiger partial charge in [0.1, 0.15) is 48.4 Å². The van der Waals surface area contributed by atoms with Crippen molar-refractivity contribution >= 4 is 59.3 Å². The summed E-state index contributed by atoms with van der Waals surface area (Å²) in [5, 5.41) is 37.9. The van der Waals surface area contributed by atoms with Gasteiger partial charge in [-0.1, -0.05) is 128 Å². The maximum Gasteiger partial charge on any atom is 0.328 e. The molecule has 0 aromatic carbocycles. The molecule has 0 saturated carbocycles. The zero-order chi connectivity index (χ0) is 55.5. The van der Waals surface area contributed by atoms with Crippen molar-refractivity contribution in [1.29, 1.82) is 0 Å². The lowest BCUT2D eigenvalue weighted by Gasteiger charge is -2.29. The first-order valence-corrected chi connectivity index (χ1v) is 26.9. The van der Waals surface area contributed by atoms with Crippen LogP contribution in [0.25, 0.3) is 0 Å². The number of hydrogen-bond donors (Lipinski definition) is 9. The van der Waals surface area contributed by atoms with Crippen LogP contribution in [-0.4, -0.2) is 118 Å². The number of amides is 7. The molecular weight excluding hydrogens is 943 g/mol. The lowest BCUT2D eigenvalue weighted by Crippen LogP contribution is -2.61. The van der Waals surface area contributed by atoms with Crippen LogP contribution in [0.3, 0.4) is 0 Å². The van der Waals surface area contributed by atoms with E-state index in [-0.39, 0.29) is 62.2 Å². The SMILES string of the molecule is CCC(C)CCCCCCCCC1CC(=O)N[C@@H](CCC(=O)O)C(=O)NC(CC(C)C)C(=O)N[C@H](CC(C)C)C(=O)N[C@@H](C(C)C)C(=O)NC(CC(=O)O)C(=O)N[C@H](CC(C)C)C(=O)NC(CC(C)C)C(=O)O1. The number of rotatable bonds is 24. The van der Waals surface area contributed by atoms with Gasteiger partial charge in [0.15, 0.2) is 0 Å². The van der Waals surface area contributed by atoms with Gasteiger partial charge in [-0.15, -0.1) is 0 Å². The van der Waals surface area contributed by atoms with Crippen LogP contribution >= 0.6 is 0 Å². The van der Waals surface area contributed by atoms with Gasteiger partial charge in [-0.05, 0) is 80.5 Å². The summed E-state index contributed by atoms with van der Waals surface area (Å²) in [5.41, 5.74) is 0. The second kappa shape index (κ2) is 34.2. The Morgan fingerprint density at radius 2 is 0.904 bits per heavy atom. The molecule has 9 N–H and O–H groups in total. The molecule has 0 radical (unpaired) electrons. The van der Waals surface area contributed by atoms with E-state index in [1.54, 1.807) is 55.4 Å². The Hall–Kier alpha value is -5.30. The van der Waals surface area contributed by atoms with Crippen LogP contribution in [0.4, 0.5) is 0 Å². The molecule has 1 rings (SSSR count). The molecule has 1 saturated heterocycles. The average molecular weight is 1040 g/mol. The van der Waals surface area contributed by atoms with E-state index in [1.807, 2.05) is 13.8 Å². The number of carboxylic acids is 2. The van der Waals surface area contributed by atoms with Crippen molar-refractivity contribution in [3.05, 3.63) is 0 Å². The number of carbonyl (C=O) groups is 10. The predicted octanol–water partition coefficient (Wildman–Crippen LogP) is 5.04. The Morgan fingerprint density at radius 3 is 1.36 bits per heavy atom. The van der Waals surface area contributed by atoms with E-state index >= 15 is 0 Å². The zero-order valence-corrected chi connectivity index (χ0v) is 46.0. The summed E-state index contributed by atoms with van der Waals surface area (Å²) in [6.07, 6.45) is 4.97. The molecule has 0 aliphatic carbocycles. The van der Waals surface area contributed by atoms with Crippen LogP contribution in [0.2, 0.25) is 0 Å². The van der Waals surface area contributed by atoms with Crippen molar-refractivity contribution in [3.63, 3.8) is 0 Å². The molecule has 7 amide bonds. The number of cyclic esters (lactones) is 1. The third-order valence-electron chi connectivity index (χ3n) is 12.8. The fourth-order valence-electron chi connectivity index (χ4n) is 8.54. The van der Waals surface area contributed by atoms with Crippen LogP contribution < -0.4 is 37.2 Å². The molecule has 1 fully saturated rings. The number of carbonyl (C=O) groups excluding carboxylic acids is 8. The Balaban J connectivity index is 3.96. The summed E-state index contributed by atoms with van der Waals surface area (Å²) in [7, 11) is 0. The topological polar surface area (TPSA) is 305 Å². The standard InChI is InChI=1S/C53H93N7O13/c1-13-35(12)20-18-16-14-15-17-19-21-36-28-43(61)54-37(22-23-44(62)63)47(66)55-38(24-30(2)3)48(67)57-40(26-32(6)7)51(70)60-46(34(10)11)52(71)58-41(29-45(64)65)50(69)56-39(25-31(4)5)49(68)59-42(27-33(8)9)53(72)73-36/h30-42,46H,13-29H2,1-12H3,(H,54,61)(H,55,66)(H,56,69)(H,57,67)(H,58,71)(H,59,68)(H,60,70)(H,62,63)(H,64,65)/t35?,36?,37-,38?,39+,40+,41?,42?,46-/m0/s1. The average Bonchev–Trinajstić information content (AvgIpc) is 3.27. The van der Waals surface area contributed by atoms with Gasteiger partial charge in [-0.25, -0.2) is 4.79 Å². The van der Waals surface area contributed by atoms with Crippen LogP contribution in [0.5, 0.6) is 0 Å². The Kier molecular flexibility index (Phi) is 30.8. The van der Waals surface area contributed by atoms with Gasteiger partial charge < -0.3 is 52.2 Å². The van der Waals surface area contributed by atoms with E-state index in [2.05, 4.69) is 51.1 Å². The van der Waals surface area contributed by atoms with Gasteiger partial charge in [-0.2, -0.15) is 0 Å². The molecule has 5 unspecified atom stereocenters. The van der Waals surface area contributed by atoms with Crippen molar-refractivity contribution in [2.24, 2.45) is 35.5 Å². The molecule has 20 heteroatoms. The highest BCUT2D eigenvalue weighted by Crippen LogP contribution is 2.19. The number of esters is 1. The molecule has 1 aliphatic rings. The molecule has 1 aliphatic heterocycles. The minimum absolute atomic E-state index is 0.0392. The second-order valence-corrected chi connectivity index (χ2v) is 22.2. The molecule has 0 aromatic heterocycles. The second-order valence-electron chi connectivity index (χ2n) is 22.2. The first-order chi connectivity index (χ1) is 34.1. The largest absolute Gasteiger partial charge is 0.481 e. The maximum atomic E-state index is 14.2. The molecule has 73 heavy (non-hydrogen) atoms. The minimum atomic E-state index is -1.72. The van der Waals surface area contributed by atoms with E-state index in [4.69, 9.17) is 4.74 Å². The molecule has 20 nitrogen and oxygen atoms in total. The summed E-state index contributed by atoms with van der Waals surface area (Å²) < 4.78 is 6.04. The first kappa shape index (κ1) is 65.7. The third kappa shape index (κ3) is 27.5. The smallest absolute Gasteiger partial charge is 0.328 e. The Morgan fingerprint density at radius 1 is 0.493 bits per heavy atom. The Labute approximate surface area is 434 Å². The zero-order valence-electron chi connectivity index (χ0n) is 46.0. The number of aliphatic carboxylic acids is 2. The van der Waals surface area contributed by atoms with E-state index in [0.717, 1.165) is 44.9 Å². The molecule has 9 atom stereocenters. The quantitative estimate of drug-likeness (QED) is 0.0453. The van der Waals surface area contributed by atoms with E-state index in [1.165, 1.54) is 0 Å². The molecule has 418 valence electrons. The summed E-state index contributed by atoms with van der Waals surface area (Å²) in [4.78, 5) is 137. The number of nitrogens with one attached hydrogen (secondary N) is 7. The highest BCUT2D eigenvalue weighted by molar-refractivity contribution is 5.98. The van der Waals surface area contributed by atoms with Gasteiger partial charge >= 0.3 is 17.9 Å². The fraction of sp³-hybridized carbons (Fsp3) is 0.811. The molecular formula is C53H93N7O13. The van der Waals surface area contributed by atoms with Gasteiger partial charge in [0, 0.05) is 6.42 Å².